The fourth-order valence-corrected chi connectivity index (χ4v) is 4.09. The average molecular weight is 242 g/mol. The van der Waals surface area contributed by atoms with Crippen molar-refractivity contribution in [2.75, 3.05) is 24.7 Å². The van der Waals surface area contributed by atoms with E-state index in [0.717, 1.165) is 31.9 Å². The Hall–Kier alpha value is -0.100. The maximum atomic E-state index is 5.44. The molecule has 0 spiro atoms. The van der Waals surface area contributed by atoms with Gasteiger partial charge in [-0.1, -0.05) is 0 Å². The Bertz CT molecular complexity index is 324. The standard InChI is InChI=1S/C10H14N2OS2/c1-3-13-5-9-7(1)12-10(15-9)8-6-14-4-2-11-8/h8,11H,1-6H2. The molecule has 2 aliphatic heterocycles. The van der Waals surface area contributed by atoms with Crippen LogP contribution in [0.4, 0.5) is 0 Å². The summed E-state index contributed by atoms with van der Waals surface area (Å²) in [4.78, 5) is 6.08. The molecular formula is C10H14N2OS2. The van der Waals surface area contributed by atoms with Crippen molar-refractivity contribution in [1.82, 2.24) is 10.3 Å². The molecule has 3 heterocycles. The summed E-state index contributed by atoms with van der Waals surface area (Å²) in [5.41, 5.74) is 1.28. The Morgan fingerprint density at radius 1 is 1.47 bits per heavy atom. The van der Waals surface area contributed by atoms with Gasteiger partial charge >= 0.3 is 0 Å². The molecule has 5 heteroatoms. The van der Waals surface area contributed by atoms with Gasteiger partial charge in [0.15, 0.2) is 0 Å². The van der Waals surface area contributed by atoms with E-state index in [1.807, 2.05) is 23.1 Å². The van der Waals surface area contributed by atoms with Crippen molar-refractivity contribution in [3.05, 3.63) is 15.6 Å². The number of hydrogen-bond acceptors (Lipinski definition) is 5. The summed E-state index contributed by atoms with van der Waals surface area (Å²) in [6, 6.07) is 0.472. The second kappa shape index (κ2) is 4.41. The number of hydrogen-bond donors (Lipinski definition) is 1. The van der Waals surface area contributed by atoms with E-state index in [1.165, 1.54) is 21.3 Å². The van der Waals surface area contributed by atoms with Crippen LogP contribution in [-0.4, -0.2) is 29.6 Å². The smallest absolute Gasteiger partial charge is 0.111 e. The highest BCUT2D eigenvalue weighted by Crippen LogP contribution is 2.30. The first-order chi connectivity index (χ1) is 7.43. The van der Waals surface area contributed by atoms with Gasteiger partial charge in [0, 0.05) is 24.5 Å². The van der Waals surface area contributed by atoms with Crippen molar-refractivity contribution in [3.63, 3.8) is 0 Å². The first-order valence-electron chi connectivity index (χ1n) is 5.31. The molecule has 0 radical (unpaired) electrons. The molecule has 0 aromatic carbocycles. The van der Waals surface area contributed by atoms with Gasteiger partial charge in [-0.15, -0.1) is 11.3 Å². The summed E-state index contributed by atoms with van der Waals surface area (Å²) >= 11 is 3.85. The van der Waals surface area contributed by atoms with Gasteiger partial charge in [-0.2, -0.15) is 11.8 Å². The molecule has 15 heavy (non-hydrogen) atoms. The second-order valence-electron chi connectivity index (χ2n) is 3.81. The summed E-state index contributed by atoms with van der Waals surface area (Å²) in [6.07, 6.45) is 0.992. The lowest BCUT2D eigenvalue weighted by molar-refractivity contribution is 0.112. The van der Waals surface area contributed by atoms with Crippen LogP contribution in [-0.2, 0) is 17.8 Å². The van der Waals surface area contributed by atoms with E-state index in [0.29, 0.717) is 6.04 Å². The Morgan fingerprint density at radius 2 is 2.47 bits per heavy atom. The van der Waals surface area contributed by atoms with E-state index in [9.17, 15) is 0 Å². The van der Waals surface area contributed by atoms with E-state index >= 15 is 0 Å². The zero-order chi connectivity index (χ0) is 10.1. The van der Waals surface area contributed by atoms with Crippen LogP contribution in [0.25, 0.3) is 0 Å². The lowest BCUT2D eigenvalue weighted by Gasteiger charge is -2.20. The van der Waals surface area contributed by atoms with Gasteiger partial charge in [-0.3, -0.25) is 0 Å². The van der Waals surface area contributed by atoms with E-state index < -0.39 is 0 Å². The Balaban J connectivity index is 1.82. The minimum atomic E-state index is 0.472. The lowest BCUT2D eigenvalue weighted by Crippen LogP contribution is -2.30. The van der Waals surface area contributed by atoms with Crippen molar-refractivity contribution >= 4 is 23.1 Å². The van der Waals surface area contributed by atoms with Crippen LogP contribution in [0.1, 0.15) is 21.6 Å². The average Bonchev–Trinajstić information content (AvgIpc) is 2.74. The minimum absolute atomic E-state index is 0.472. The van der Waals surface area contributed by atoms with Gasteiger partial charge in [-0.05, 0) is 0 Å². The molecule has 0 aliphatic carbocycles. The molecule has 0 amide bonds. The molecule has 2 aliphatic rings. The van der Waals surface area contributed by atoms with Gasteiger partial charge in [0.25, 0.3) is 0 Å². The van der Waals surface area contributed by atoms with Gasteiger partial charge < -0.3 is 10.1 Å². The predicted molar refractivity (Wildman–Crippen MR) is 63.5 cm³/mol. The van der Waals surface area contributed by atoms with Crippen molar-refractivity contribution in [1.29, 1.82) is 0 Å². The third-order valence-electron chi connectivity index (χ3n) is 2.73. The number of ether oxygens (including phenoxy) is 1. The molecule has 0 saturated carbocycles. The third-order valence-corrected chi connectivity index (χ3v) is 4.98. The van der Waals surface area contributed by atoms with Crippen molar-refractivity contribution in [2.24, 2.45) is 0 Å². The number of thiazole rings is 1. The Kier molecular flexibility index (Phi) is 2.96. The minimum Gasteiger partial charge on any atom is -0.375 e. The van der Waals surface area contributed by atoms with Gasteiger partial charge in [0.05, 0.1) is 29.8 Å². The summed E-state index contributed by atoms with van der Waals surface area (Å²) in [7, 11) is 0. The molecule has 1 saturated heterocycles. The Labute approximate surface area is 97.6 Å². The fourth-order valence-electron chi connectivity index (χ4n) is 1.92. The molecule has 1 aromatic rings. The largest absolute Gasteiger partial charge is 0.375 e. The molecule has 1 unspecified atom stereocenters. The zero-order valence-corrected chi connectivity index (χ0v) is 10.1. The molecule has 3 rings (SSSR count). The second-order valence-corrected chi connectivity index (χ2v) is 6.07. The van der Waals surface area contributed by atoms with E-state index in [4.69, 9.17) is 9.72 Å². The van der Waals surface area contributed by atoms with Crippen molar-refractivity contribution in [3.8, 4) is 0 Å². The molecule has 1 fully saturated rings. The van der Waals surface area contributed by atoms with Crippen LogP contribution < -0.4 is 5.32 Å². The Morgan fingerprint density at radius 3 is 3.27 bits per heavy atom. The topological polar surface area (TPSA) is 34.1 Å². The maximum absolute atomic E-state index is 5.44. The highest BCUT2D eigenvalue weighted by Gasteiger charge is 2.22. The van der Waals surface area contributed by atoms with Gasteiger partial charge in [0.2, 0.25) is 0 Å². The first kappa shape index (κ1) is 10.1. The van der Waals surface area contributed by atoms with E-state index in [1.54, 1.807) is 0 Å². The number of nitrogens with one attached hydrogen (secondary N) is 1. The highest BCUT2D eigenvalue weighted by molar-refractivity contribution is 7.99. The summed E-state index contributed by atoms with van der Waals surface area (Å²) < 4.78 is 5.44. The summed E-state index contributed by atoms with van der Waals surface area (Å²) in [5, 5.41) is 4.79. The third kappa shape index (κ3) is 2.06. The van der Waals surface area contributed by atoms with Crippen LogP contribution in [0, 0.1) is 0 Å². The van der Waals surface area contributed by atoms with Crippen LogP contribution >= 0.6 is 23.1 Å². The molecule has 3 nitrogen and oxygen atoms in total. The highest BCUT2D eigenvalue weighted by atomic mass is 32.2. The zero-order valence-electron chi connectivity index (χ0n) is 8.49. The summed E-state index contributed by atoms with van der Waals surface area (Å²) in [5.74, 6) is 2.39. The normalized spacial score (nSPS) is 26.3. The number of aromatic nitrogens is 1. The van der Waals surface area contributed by atoms with Crippen LogP contribution in [0.2, 0.25) is 0 Å². The predicted octanol–water partition coefficient (Wildman–Crippen LogP) is 1.59. The van der Waals surface area contributed by atoms with Gasteiger partial charge in [0.1, 0.15) is 5.01 Å². The van der Waals surface area contributed by atoms with E-state index in [-0.39, 0.29) is 0 Å². The molecule has 1 aromatic heterocycles. The number of thioether (sulfide) groups is 1. The van der Waals surface area contributed by atoms with Crippen LogP contribution in [0.3, 0.4) is 0 Å². The number of rotatable bonds is 1. The van der Waals surface area contributed by atoms with Crippen molar-refractivity contribution in [2.45, 2.75) is 19.1 Å². The SMILES string of the molecule is C1CSCC(c2nc3c(s2)COCC3)N1. The van der Waals surface area contributed by atoms with Crippen molar-refractivity contribution < 1.29 is 4.74 Å². The molecule has 82 valence electrons. The van der Waals surface area contributed by atoms with Crippen LogP contribution in [0.15, 0.2) is 0 Å². The quantitative estimate of drug-likeness (QED) is 0.811. The summed E-state index contributed by atoms with van der Waals surface area (Å²) in [6.45, 7) is 2.71. The molecule has 1 atom stereocenters. The molecular weight excluding hydrogens is 228 g/mol. The number of fused-ring (bicyclic) bond motifs is 1. The van der Waals surface area contributed by atoms with Gasteiger partial charge in [-0.25, -0.2) is 4.98 Å². The fraction of sp³-hybridized carbons (Fsp3) is 0.700. The first-order valence-corrected chi connectivity index (χ1v) is 7.28. The van der Waals surface area contributed by atoms with Crippen LogP contribution in [0.5, 0.6) is 0 Å². The maximum Gasteiger partial charge on any atom is 0.111 e. The monoisotopic (exact) mass is 242 g/mol. The lowest BCUT2D eigenvalue weighted by atomic mass is 10.2. The molecule has 0 bridgehead atoms. The number of nitrogens with zero attached hydrogens (tertiary/aromatic N) is 1. The molecule has 1 N–H and O–H groups in total. The van der Waals surface area contributed by atoms with E-state index in [2.05, 4.69) is 5.32 Å².